The molecule has 2 amide bonds. The molecule has 0 spiro atoms. The molecule has 0 atom stereocenters. The van der Waals surface area contributed by atoms with Crippen LogP contribution in [0.3, 0.4) is 0 Å². The standard InChI is InChI=1S/C22H21BrN2O2S2/c1-14(2)16-8-6-15(7-9-16)12-19-21(27)25(22(28)29-19)11-10-20(26)24-18-5-3-4-17(23)13-18/h3-9,12-14H,10-11H2,1-2H3,(H,24,26)/b19-12-. The first kappa shape index (κ1) is 21.7. The Kier molecular flexibility index (Phi) is 7.27. The van der Waals surface area contributed by atoms with Crippen LogP contribution in [0.2, 0.25) is 0 Å². The van der Waals surface area contributed by atoms with E-state index in [-0.39, 0.29) is 24.8 Å². The summed E-state index contributed by atoms with van der Waals surface area (Å²) in [5.74, 6) is 0.152. The van der Waals surface area contributed by atoms with Crippen LogP contribution in [0.5, 0.6) is 0 Å². The molecule has 1 heterocycles. The van der Waals surface area contributed by atoms with E-state index in [1.807, 2.05) is 42.5 Å². The molecule has 1 saturated heterocycles. The first-order chi connectivity index (χ1) is 13.8. The van der Waals surface area contributed by atoms with Crippen molar-refractivity contribution in [2.24, 2.45) is 0 Å². The van der Waals surface area contributed by atoms with Crippen LogP contribution in [0.25, 0.3) is 6.08 Å². The SMILES string of the molecule is CC(C)c1ccc(/C=C2\SC(=S)N(CCC(=O)Nc3cccc(Br)c3)C2=O)cc1. The molecule has 3 rings (SSSR count). The summed E-state index contributed by atoms with van der Waals surface area (Å²) in [5.41, 5.74) is 2.92. The van der Waals surface area contributed by atoms with Crippen LogP contribution in [-0.2, 0) is 9.59 Å². The molecule has 2 aromatic carbocycles. The lowest BCUT2D eigenvalue weighted by atomic mass is 10.0. The molecule has 1 aliphatic rings. The van der Waals surface area contributed by atoms with Gasteiger partial charge < -0.3 is 5.32 Å². The molecule has 1 N–H and O–H groups in total. The fourth-order valence-corrected chi connectivity index (χ4v) is 4.53. The number of amides is 2. The van der Waals surface area contributed by atoms with Gasteiger partial charge in [0.05, 0.1) is 4.91 Å². The topological polar surface area (TPSA) is 49.4 Å². The summed E-state index contributed by atoms with van der Waals surface area (Å²) >= 11 is 10.0. The van der Waals surface area contributed by atoms with Gasteiger partial charge in [0.25, 0.3) is 5.91 Å². The largest absolute Gasteiger partial charge is 0.326 e. The van der Waals surface area contributed by atoms with Gasteiger partial charge in [0.2, 0.25) is 5.91 Å². The van der Waals surface area contributed by atoms with Gasteiger partial charge in [-0.2, -0.15) is 0 Å². The number of carbonyl (C=O) groups excluding carboxylic acids is 2. The average Bonchev–Trinajstić information content (AvgIpc) is 2.93. The molecule has 0 saturated carbocycles. The Hall–Kier alpha value is -1.96. The molecule has 0 radical (unpaired) electrons. The smallest absolute Gasteiger partial charge is 0.266 e. The van der Waals surface area contributed by atoms with Crippen molar-refractivity contribution in [2.45, 2.75) is 26.2 Å². The number of hydrogen-bond acceptors (Lipinski definition) is 4. The van der Waals surface area contributed by atoms with E-state index >= 15 is 0 Å². The van der Waals surface area contributed by atoms with Crippen molar-refractivity contribution in [3.63, 3.8) is 0 Å². The summed E-state index contributed by atoms with van der Waals surface area (Å²) in [6.45, 7) is 4.55. The molecule has 150 valence electrons. The number of rotatable bonds is 6. The Labute approximate surface area is 188 Å². The lowest BCUT2D eigenvalue weighted by Crippen LogP contribution is -2.31. The maximum Gasteiger partial charge on any atom is 0.266 e. The van der Waals surface area contributed by atoms with Crippen molar-refractivity contribution in [3.8, 4) is 0 Å². The molecule has 2 aromatic rings. The highest BCUT2D eigenvalue weighted by Crippen LogP contribution is 2.32. The third-order valence-corrected chi connectivity index (χ3v) is 6.32. The number of hydrogen-bond donors (Lipinski definition) is 1. The Morgan fingerprint density at radius 2 is 1.97 bits per heavy atom. The lowest BCUT2D eigenvalue weighted by Gasteiger charge is -2.14. The summed E-state index contributed by atoms with van der Waals surface area (Å²) in [4.78, 5) is 27.0. The van der Waals surface area contributed by atoms with E-state index in [4.69, 9.17) is 12.2 Å². The lowest BCUT2D eigenvalue weighted by molar-refractivity contribution is -0.122. The highest BCUT2D eigenvalue weighted by Gasteiger charge is 2.32. The monoisotopic (exact) mass is 488 g/mol. The summed E-state index contributed by atoms with van der Waals surface area (Å²) < 4.78 is 1.37. The van der Waals surface area contributed by atoms with Crippen LogP contribution in [0.15, 0.2) is 57.9 Å². The minimum absolute atomic E-state index is 0.150. The van der Waals surface area contributed by atoms with Gasteiger partial charge in [-0.05, 0) is 41.3 Å². The number of carbonyl (C=O) groups is 2. The summed E-state index contributed by atoms with van der Waals surface area (Å²) in [6.07, 6.45) is 2.03. The zero-order valence-corrected chi connectivity index (χ0v) is 19.4. The van der Waals surface area contributed by atoms with E-state index in [1.54, 1.807) is 0 Å². The summed E-state index contributed by atoms with van der Waals surface area (Å²) in [7, 11) is 0. The first-order valence-electron chi connectivity index (χ1n) is 9.24. The van der Waals surface area contributed by atoms with Gasteiger partial charge in [-0.3, -0.25) is 14.5 Å². The van der Waals surface area contributed by atoms with Crippen LogP contribution >= 0.6 is 39.9 Å². The molecule has 0 aromatic heterocycles. The fraction of sp³-hybridized carbons (Fsp3) is 0.227. The number of thioether (sulfide) groups is 1. The number of nitrogens with zero attached hydrogens (tertiary/aromatic N) is 1. The second-order valence-corrected chi connectivity index (χ2v) is 9.55. The number of nitrogens with one attached hydrogen (secondary N) is 1. The van der Waals surface area contributed by atoms with E-state index in [1.165, 1.54) is 22.2 Å². The Bertz CT molecular complexity index is 971. The number of thiocarbonyl (C=S) groups is 1. The maximum atomic E-state index is 12.7. The number of halogens is 1. The van der Waals surface area contributed by atoms with Gasteiger partial charge in [0.15, 0.2) is 0 Å². The van der Waals surface area contributed by atoms with Crippen LogP contribution in [0.1, 0.15) is 37.3 Å². The van der Waals surface area contributed by atoms with Gasteiger partial charge >= 0.3 is 0 Å². The summed E-state index contributed by atoms with van der Waals surface area (Å²) in [6, 6.07) is 15.5. The van der Waals surface area contributed by atoms with E-state index < -0.39 is 0 Å². The molecule has 1 fully saturated rings. The molecule has 1 aliphatic heterocycles. The van der Waals surface area contributed by atoms with E-state index in [0.717, 1.165) is 10.0 Å². The van der Waals surface area contributed by atoms with E-state index in [2.05, 4.69) is 47.2 Å². The number of benzene rings is 2. The molecular weight excluding hydrogens is 468 g/mol. The molecule has 0 unspecified atom stereocenters. The minimum Gasteiger partial charge on any atom is -0.326 e. The Morgan fingerprint density at radius 3 is 2.62 bits per heavy atom. The Morgan fingerprint density at radius 1 is 1.24 bits per heavy atom. The third kappa shape index (κ3) is 5.78. The molecule has 29 heavy (non-hydrogen) atoms. The van der Waals surface area contributed by atoms with E-state index in [0.29, 0.717) is 20.8 Å². The quantitative estimate of drug-likeness (QED) is 0.412. The van der Waals surface area contributed by atoms with Crippen LogP contribution in [0, 0.1) is 0 Å². The Balaban J connectivity index is 1.60. The highest BCUT2D eigenvalue weighted by atomic mass is 79.9. The van der Waals surface area contributed by atoms with Crippen molar-refractivity contribution in [1.82, 2.24) is 4.90 Å². The van der Waals surface area contributed by atoms with Crippen molar-refractivity contribution in [1.29, 1.82) is 0 Å². The van der Waals surface area contributed by atoms with E-state index in [9.17, 15) is 9.59 Å². The third-order valence-electron chi connectivity index (χ3n) is 4.45. The zero-order valence-electron chi connectivity index (χ0n) is 16.1. The van der Waals surface area contributed by atoms with Crippen LogP contribution in [-0.4, -0.2) is 27.6 Å². The molecular formula is C22H21BrN2O2S2. The van der Waals surface area contributed by atoms with Gasteiger partial charge in [0, 0.05) is 23.1 Å². The minimum atomic E-state index is -0.162. The molecule has 0 aliphatic carbocycles. The predicted octanol–water partition coefficient (Wildman–Crippen LogP) is 5.80. The average molecular weight is 489 g/mol. The zero-order chi connectivity index (χ0) is 21.0. The normalized spacial score (nSPS) is 15.4. The van der Waals surface area contributed by atoms with Crippen molar-refractivity contribution in [2.75, 3.05) is 11.9 Å². The predicted molar refractivity (Wildman–Crippen MR) is 128 cm³/mol. The molecule has 4 nitrogen and oxygen atoms in total. The van der Waals surface area contributed by atoms with Crippen molar-refractivity contribution in [3.05, 3.63) is 69.0 Å². The second-order valence-electron chi connectivity index (χ2n) is 6.96. The van der Waals surface area contributed by atoms with Gasteiger partial charge in [-0.15, -0.1) is 0 Å². The number of anilines is 1. The fourth-order valence-electron chi connectivity index (χ4n) is 2.82. The van der Waals surface area contributed by atoms with Gasteiger partial charge in [-0.25, -0.2) is 0 Å². The van der Waals surface area contributed by atoms with Gasteiger partial charge in [-0.1, -0.05) is 84.1 Å². The maximum absolute atomic E-state index is 12.7. The summed E-state index contributed by atoms with van der Waals surface area (Å²) in [5, 5.41) is 2.83. The second kappa shape index (κ2) is 9.69. The highest BCUT2D eigenvalue weighted by molar-refractivity contribution is 9.10. The molecule has 7 heteroatoms. The van der Waals surface area contributed by atoms with Crippen molar-refractivity contribution < 1.29 is 9.59 Å². The van der Waals surface area contributed by atoms with Gasteiger partial charge in [0.1, 0.15) is 4.32 Å². The molecule has 0 bridgehead atoms. The first-order valence-corrected chi connectivity index (χ1v) is 11.3. The van der Waals surface area contributed by atoms with Crippen molar-refractivity contribution >= 4 is 67.8 Å². The van der Waals surface area contributed by atoms with Crippen LogP contribution in [0.4, 0.5) is 5.69 Å². The van der Waals surface area contributed by atoms with Crippen LogP contribution < -0.4 is 5.32 Å².